The molecule has 0 fully saturated rings. The summed E-state index contributed by atoms with van der Waals surface area (Å²) in [5, 5.41) is 15.2. The number of amides is 1. The molecule has 0 spiro atoms. The Hall–Kier alpha value is -4.19. The lowest BCUT2D eigenvalue weighted by molar-refractivity contribution is -0.143. The van der Waals surface area contributed by atoms with Gasteiger partial charge in [-0.1, -0.05) is 6.07 Å². The Bertz CT molecular complexity index is 1400. The van der Waals surface area contributed by atoms with Crippen molar-refractivity contribution in [2.75, 3.05) is 11.3 Å². The number of esters is 1. The number of rotatable bonds is 8. The van der Waals surface area contributed by atoms with E-state index in [-0.39, 0.29) is 21.9 Å². The minimum atomic E-state index is -4.15. The molecule has 3 N–H and O–H groups in total. The summed E-state index contributed by atoms with van der Waals surface area (Å²) in [4.78, 5) is 35.6. The van der Waals surface area contributed by atoms with Crippen LogP contribution in [0.3, 0.4) is 0 Å². The third-order valence-electron chi connectivity index (χ3n) is 4.98. The summed E-state index contributed by atoms with van der Waals surface area (Å²) in [6.07, 6.45) is 1.57. The zero-order chi connectivity index (χ0) is 26.7. The van der Waals surface area contributed by atoms with E-state index in [0.717, 1.165) is 0 Å². The number of carbonyl (C=O) groups is 3. The minimum absolute atomic E-state index is 0.0490. The molecule has 12 heteroatoms. The summed E-state index contributed by atoms with van der Waals surface area (Å²) >= 11 is 0. The first-order valence-electron chi connectivity index (χ1n) is 10.8. The van der Waals surface area contributed by atoms with Crippen molar-refractivity contribution in [1.82, 2.24) is 15.1 Å². The molecule has 0 saturated carbocycles. The SMILES string of the molecule is Cn1nccc1-c1ccc(NS(=O)(=O)c2ccc(OC(=O)C(C)(C)C)cc2)c(C(=O)NCC(=O)O)c1. The molecule has 2 aromatic carbocycles. The number of nitrogens with one attached hydrogen (secondary N) is 2. The Morgan fingerprint density at radius 3 is 2.28 bits per heavy atom. The van der Waals surface area contributed by atoms with Crippen LogP contribution in [0.1, 0.15) is 31.1 Å². The van der Waals surface area contributed by atoms with Gasteiger partial charge in [-0.2, -0.15) is 5.10 Å². The standard InChI is InChI=1S/C24H26N4O7S/c1-24(2,3)23(32)35-16-6-8-17(9-7-16)36(33,34)27-19-10-5-15(20-11-12-26-28(20)4)13-18(19)22(31)25-14-21(29)30/h5-13,27H,14H2,1-4H3,(H,25,31)(H,29,30). The van der Waals surface area contributed by atoms with Crippen LogP contribution in [0.5, 0.6) is 5.75 Å². The molecule has 3 rings (SSSR count). The largest absolute Gasteiger partial charge is 0.480 e. The van der Waals surface area contributed by atoms with Gasteiger partial charge in [-0.15, -0.1) is 0 Å². The Labute approximate surface area is 208 Å². The summed E-state index contributed by atoms with van der Waals surface area (Å²) in [5.41, 5.74) is 0.382. The van der Waals surface area contributed by atoms with Gasteiger partial charge in [0.1, 0.15) is 12.3 Å². The fourth-order valence-corrected chi connectivity index (χ4v) is 4.12. The lowest BCUT2D eigenvalue weighted by Crippen LogP contribution is -2.30. The monoisotopic (exact) mass is 514 g/mol. The number of sulfonamides is 1. The van der Waals surface area contributed by atoms with E-state index < -0.39 is 39.8 Å². The zero-order valence-electron chi connectivity index (χ0n) is 20.1. The molecule has 3 aromatic rings. The number of carboxylic acids is 1. The fraction of sp³-hybridized carbons (Fsp3) is 0.250. The number of carboxylic acid groups (broad SMARTS) is 1. The minimum Gasteiger partial charge on any atom is -0.480 e. The second kappa shape index (κ2) is 10.2. The van der Waals surface area contributed by atoms with E-state index >= 15 is 0 Å². The van der Waals surface area contributed by atoms with Crippen LogP contribution >= 0.6 is 0 Å². The average molecular weight is 515 g/mol. The molecular formula is C24H26N4O7S. The lowest BCUT2D eigenvalue weighted by Gasteiger charge is -2.17. The van der Waals surface area contributed by atoms with E-state index in [4.69, 9.17) is 9.84 Å². The van der Waals surface area contributed by atoms with Crippen molar-refractivity contribution in [1.29, 1.82) is 0 Å². The highest BCUT2D eigenvalue weighted by molar-refractivity contribution is 7.92. The fourth-order valence-electron chi connectivity index (χ4n) is 3.04. The highest BCUT2D eigenvalue weighted by atomic mass is 32.2. The topological polar surface area (TPSA) is 157 Å². The van der Waals surface area contributed by atoms with Gasteiger partial charge in [0.2, 0.25) is 0 Å². The number of aryl methyl sites for hydroxylation is 1. The smallest absolute Gasteiger partial charge is 0.322 e. The van der Waals surface area contributed by atoms with Crippen molar-refractivity contribution in [3.05, 3.63) is 60.3 Å². The number of carbonyl (C=O) groups excluding carboxylic acids is 2. The van der Waals surface area contributed by atoms with Gasteiger partial charge < -0.3 is 15.2 Å². The molecule has 1 heterocycles. The molecule has 1 amide bonds. The zero-order valence-corrected chi connectivity index (χ0v) is 20.9. The van der Waals surface area contributed by atoms with Crippen LogP contribution in [0.4, 0.5) is 5.69 Å². The Kier molecular flexibility index (Phi) is 7.48. The maximum atomic E-state index is 13.0. The maximum absolute atomic E-state index is 13.0. The Morgan fingerprint density at radius 2 is 1.72 bits per heavy atom. The van der Waals surface area contributed by atoms with Crippen molar-refractivity contribution in [2.45, 2.75) is 25.7 Å². The van der Waals surface area contributed by atoms with Gasteiger partial charge in [0, 0.05) is 18.8 Å². The van der Waals surface area contributed by atoms with Crippen LogP contribution in [0.15, 0.2) is 59.6 Å². The van der Waals surface area contributed by atoms with E-state index in [1.807, 2.05) is 0 Å². The molecule has 1 aromatic heterocycles. The second-order valence-corrected chi connectivity index (χ2v) is 10.6. The van der Waals surface area contributed by atoms with Gasteiger partial charge >= 0.3 is 11.9 Å². The van der Waals surface area contributed by atoms with Gasteiger partial charge in [-0.25, -0.2) is 8.42 Å². The summed E-state index contributed by atoms with van der Waals surface area (Å²) in [6.45, 7) is 4.45. The molecule has 190 valence electrons. The van der Waals surface area contributed by atoms with Crippen molar-refractivity contribution < 1.29 is 32.6 Å². The second-order valence-electron chi connectivity index (χ2n) is 8.89. The van der Waals surface area contributed by atoms with Crippen molar-refractivity contribution in [3.63, 3.8) is 0 Å². The number of nitrogens with zero attached hydrogens (tertiary/aromatic N) is 2. The van der Waals surface area contributed by atoms with Gasteiger partial charge in [0.25, 0.3) is 15.9 Å². The van der Waals surface area contributed by atoms with Gasteiger partial charge in [-0.3, -0.25) is 23.8 Å². The van der Waals surface area contributed by atoms with E-state index in [2.05, 4.69) is 15.1 Å². The normalized spacial score (nSPS) is 11.6. The molecular weight excluding hydrogens is 488 g/mol. The molecule has 0 aliphatic rings. The van der Waals surface area contributed by atoms with Crippen molar-refractivity contribution >= 4 is 33.6 Å². The van der Waals surface area contributed by atoms with Crippen molar-refractivity contribution in [3.8, 4) is 17.0 Å². The molecule has 0 saturated heterocycles. The number of aliphatic carboxylic acids is 1. The molecule has 0 aliphatic carbocycles. The Balaban J connectivity index is 1.91. The first-order chi connectivity index (χ1) is 16.8. The Morgan fingerprint density at radius 1 is 1.06 bits per heavy atom. The molecule has 0 bridgehead atoms. The third-order valence-corrected chi connectivity index (χ3v) is 6.36. The number of aromatic nitrogens is 2. The van der Waals surface area contributed by atoms with Crippen LogP contribution < -0.4 is 14.8 Å². The molecule has 0 aliphatic heterocycles. The van der Waals surface area contributed by atoms with E-state index in [0.29, 0.717) is 11.3 Å². The number of hydrogen-bond acceptors (Lipinski definition) is 7. The van der Waals surface area contributed by atoms with E-state index in [1.54, 1.807) is 50.8 Å². The highest BCUT2D eigenvalue weighted by Gasteiger charge is 2.24. The number of anilines is 1. The number of ether oxygens (including phenoxy) is 1. The third kappa shape index (κ3) is 6.27. The predicted octanol–water partition coefficient (Wildman–Crippen LogP) is 2.65. The number of benzene rings is 2. The molecule has 0 unspecified atom stereocenters. The van der Waals surface area contributed by atoms with E-state index in [1.165, 1.54) is 36.4 Å². The highest BCUT2D eigenvalue weighted by Crippen LogP contribution is 2.28. The van der Waals surface area contributed by atoms with Crippen molar-refractivity contribution in [2.24, 2.45) is 12.5 Å². The maximum Gasteiger partial charge on any atom is 0.322 e. The summed E-state index contributed by atoms with van der Waals surface area (Å²) < 4.78 is 35.3. The first-order valence-corrected chi connectivity index (χ1v) is 12.2. The summed E-state index contributed by atoms with van der Waals surface area (Å²) in [5.74, 6) is -2.31. The van der Waals surface area contributed by atoms with Crippen LogP contribution in [0.2, 0.25) is 0 Å². The van der Waals surface area contributed by atoms with Crippen LogP contribution in [0, 0.1) is 5.41 Å². The quantitative estimate of drug-likeness (QED) is 0.306. The number of hydrogen-bond donors (Lipinski definition) is 3. The van der Waals surface area contributed by atoms with Crippen LogP contribution in [-0.2, 0) is 26.7 Å². The van der Waals surface area contributed by atoms with Gasteiger partial charge in [0.05, 0.1) is 27.3 Å². The first kappa shape index (κ1) is 26.4. The average Bonchev–Trinajstić information content (AvgIpc) is 3.23. The predicted molar refractivity (Wildman–Crippen MR) is 131 cm³/mol. The van der Waals surface area contributed by atoms with Crippen LogP contribution in [0.25, 0.3) is 11.3 Å². The molecule has 0 atom stereocenters. The molecule has 0 radical (unpaired) electrons. The van der Waals surface area contributed by atoms with E-state index in [9.17, 15) is 22.8 Å². The molecule has 36 heavy (non-hydrogen) atoms. The lowest BCUT2D eigenvalue weighted by atomic mass is 9.97. The summed E-state index contributed by atoms with van der Waals surface area (Å²) in [6, 6.07) is 11.4. The molecule has 11 nitrogen and oxygen atoms in total. The van der Waals surface area contributed by atoms with Crippen LogP contribution in [-0.4, -0.2) is 47.7 Å². The summed E-state index contributed by atoms with van der Waals surface area (Å²) in [7, 11) is -2.45. The van der Waals surface area contributed by atoms with Gasteiger partial charge in [0.15, 0.2) is 0 Å². The van der Waals surface area contributed by atoms with Gasteiger partial charge in [-0.05, 0) is 63.2 Å².